The molecule has 0 heterocycles. The summed E-state index contributed by atoms with van der Waals surface area (Å²) in [5, 5.41) is 21.1. The van der Waals surface area contributed by atoms with E-state index in [1.807, 2.05) is 13.8 Å². The number of carbonyl (C=O) groups excluding carboxylic acids is 1. The maximum Gasteiger partial charge on any atom is 0.255 e. The van der Waals surface area contributed by atoms with Gasteiger partial charge in [-0.05, 0) is 44.4 Å². The average molecular weight is 237 g/mol. The number of benzene rings is 1. The molecule has 0 aliphatic rings. The highest BCUT2D eigenvalue weighted by atomic mass is 16.3. The van der Waals surface area contributed by atoms with Crippen LogP contribution in [0.5, 0.6) is 5.75 Å². The van der Waals surface area contributed by atoms with Crippen molar-refractivity contribution in [2.24, 2.45) is 0 Å². The first-order chi connectivity index (χ1) is 8.04. The molecule has 0 aromatic heterocycles. The van der Waals surface area contributed by atoms with Gasteiger partial charge in [0.1, 0.15) is 5.75 Å². The second kappa shape index (κ2) is 6.25. The normalized spacial score (nSPS) is 12.2. The summed E-state index contributed by atoms with van der Waals surface area (Å²) in [7, 11) is 0. The smallest absolute Gasteiger partial charge is 0.255 e. The lowest BCUT2D eigenvalue weighted by atomic mass is 10.1. The van der Waals surface area contributed by atoms with Crippen molar-refractivity contribution in [3.05, 3.63) is 29.3 Å². The number of hydrogen-bond acceptors (Lipinski definition) is 3. The molecule has 0 aliphatic heterocycles. The predicted octanol–water partition coefficient (Wildman–Crippen LogP) is 1.59. The molecule has 0 radical (unpaired) electrons. The first kappa shape index (κ1) is 13.5. The molecule has 0 saturated heterocycles. The molecule has 3 N–H and O–H groups in total. The molecule has 1 rings (SSSR count). The van der Waals surface area contributed by atoms with Crippen molar-refractivity contribution >= 4 is 5.91 Å². The number of amides is 1. The fourth-order valence-electron chi connectivity index (χ4n) is 1.60. The lowest BCUT2D eigenvalue weighted by Crippen LogP contribution is -2.32. The molecular weight excluding hydrogens is 218 g/mol. The summed E-state index contributed by atoms with van der Waals surface area (Å²) in [6, 6.07) is 4.94. The Kier molecular flexibility index (Phi) is 4.97. The Bertz CT molecular complexity index is 390. The van der Waals surface area contributed by atoms with Crippen LogP contribution in [-0.4, -0.2) is 28.8 Å². The second-order valence-electron chi connectivity index (χ2n) is 4.26. The van der Waals surface area contributed by atoms with Crippen LogP contribution in [0.15, 0.2) is 18.2 Å². The monoisotopic (exact) mass is 237 g/mol. The maximum absolute atomic E-state index is 11.8. The summed E-state index contributed by atoms with van der Waals surface area (Å²) in [6.07, 6.45) is 1.37. The van der Waals surface area contributed by atoms with Crippen LogP contribution in [0.4, 0.5) is 0 Å². The molecule has 17 heavy (non-hydrogen) atoms. The van der Waals surface area contributed by atoms with E-state index < -0.39 is 0 Å². The fourth-order valence-corrected chi connectivity index (χ4v) is 1.60. The summed E-state index contributed by atoms with van der Waals surface area (Å²) in [6.45, 7) is 3.85. The van der Waals surface area contributed by atoms with Gasteiger partial charge in [0.05, 0.1) is 5.56 Å². The molecule has 1 aromatic rings. The zero-order valence-corrected chi connectivity index (χ0v) is 10.2. The number of aliphatic hydroxyl groups excluding tert-OH is 1. The van der Waals surface area contributed by atoms with E-state index in [-0.39, 0.29) is 29.9 Å². The van der Waals surface area contributed by atoms with Gasteiger partial charge in [-0.1, -0.05) is 6.07 Å². The van der Waals surface area contributed by atoms with Gasteiger partial charge in [0.25, 0.3) is 5.91 Å². The van der Waals surface area contributed by atoms with Gasteiger partial charge in [-0.2, -0.15) is 0 Å². The minimum absolute atomic E-state index is 0.00291. The lowest BCUT2D eigenvalue weighted by molar-refractivity contribution is 0.0933. The average Bonchev–Trinajstić information content (AvgIpc) is 2.26. The first-order valence-corrected chi connectivity index (χ1v) is 5.76. The van der Waals surface area contributed by atoms with Crippen molar-refractivity contribution in [3.63, 3.8) is 0 Å². The SMILES string of the molecule is Cc1ccc(C(=O)NC(C)CCCO)c(O)c1. The molecule has 0 bridgehead atoms. The summed E-state index contributed by atoms with van der Waals surface area (Å²) in [4.78, 5) is 11.8. The number of aromatic hydroxyl groups is 1. The Labute approximate surface area is 101 Å². The van der Waals surface area contributed by atoms with Crippen LogP contribution in [0.3, 0.4) is 0 Å². The van der Waals surface area contributed by atoms with Gasteiger partial charge < -0.3 is 15.5 Å². The van der Waals surface area contributed by atoms with E-state index >= 15 is 0 Å². The molecule has 4 heteroatoms. The lowest BCUT2D eigenvalue weighted by Gasteiger charge is -2.14. The van der Waals surface area contributed by atoms with Gasteiger partial charge in [0.2, 0.25) is 0 Å². The number of carbonyl (C=O) groups is 1. The summed E-state index contributed by atoms with van der Waals surface area (Å²) < 4.78 is 0. The van der Waals surface area contributed by atoms with Gasteiger partial charge in [-0.25, -0.2) is 0 Å². The quantitative estimate of drug-likeness (QED) is 0.728. The Morgan fingerprint density at radius 3 is 2.76 bits per heavy atom. The predicted molar refractivity (Wildman–Crippen MR) is 66.1 cm³/mol. The van der Waals surface area contributed by atoms with E-state index in [0.29, 0.717) is 6.42 Å². The number of phenolic OH excluding ortho intramolecular Hbond substituents is 1. The van der Waals surface area contributed by atoms with Crippen LogP contribution in [0.2, 0.25) is 0 Å². The van der Waals surface area contributed by atoms with E-state index in [4.69, 9.17) is 5.11 Å². The topological polar surface area (TPSA) is 69.6 Å². The van der Waals surface area contributed by atoms with E-state index in [0.717, 1.165) is 12.0 Å². The van der Waals surface area contributed by atoms with Crippen LogP contribution in [0.25, 0.3) is 0 Å². The zero-order valence-electron chi connectivity index (χ0n) is 10.2. The Balaban J connectivity index is 2.63. The highest BCUT2D eigenvalue weighted by molar-refractivity contribution is 5.97. The Morgan fingerprint density at radius 2 is 2.18 bits per heavy atom. The minimum atomic E-state index is -0.284. The number of nitrogens with one attached hydrogen (secondary N) is 1. The van der Waals surface area contributed by atoms with Crippen molar-refractivity contribution in [1.29, 1.82) is 0 Å². The third-order valence-corrected chi connectivity index (χ3v) is 2.57. The van der Waals surface area contributed by atoms with Crippen molar-refractivity contribution in [2.75, 3.05) is 6.61 Å². The standard InChI is InChI=1S/C13H19NO3/c1-9-5-6-11(12(16)8-9)13(17)14-10(2)4-3-7-15/h5-6,8,10,15-16H,3-4,7H2,1-2H3,(H,14,17). The molecule has 0 spiro atoms. The third-order valence-electron chi connectivity index (χ3n) is 2.57. The highest BCUT2D eigenvalue weighted by Gasteiger charge is 2.13. The number of phenols is 1. The van der Waals surface area contributed by atoms with Gasteiger partial charge in [0, 0.05) is 12.6 Å². The molecule has 0 saturated carbocycles. The van der Waals surface area contributed by atoms with Crippen LogP contribution >= 0.6 is 0 Å². The number of aryl methyl sites for hydroxylation is 1. The number of rotatable bonds is 5. The molecule has 1 unspecified atom stereocenters. The summed E-state index contributed by atoms with van der Waals surface area (Å²) in [5.41, 5.74) is 1.19. The van der Waals surface area contributed by atoms with Crippen molar-refractivity contribution in [3.8, 4) is 5.75 Å². The molecule has 1 aromatic carbocycles. The van der Waals surface area contributed by atoms with Gasteiger partial charge in [-0.3, -0.25) is 4.79 Å². The van der Waals surface area contributed by atoms with Crippen LogP contribution in [0.1, 0.15) is 35.7 Å². The fraction of sp³-hybridized carbons (Fsp3) is 0.462. The zero-order chi connectivity index (χ0) is 12.8. The van der Waals surface area contributed by atoms with Gasteiger partial charge >= 0.3 is 0 Å². The summed E-state index contributed by atoms with van der Waals surface area (Å²) in [5.74, 6) is -0.287. The van der Waals surface area contributed by atoms with Crippen molar-refractivity contribution < 1.29 is 15.0 Å². The van der Waals surface area contributed by atoms with E-state index in [2.05, 4.69) is 5.32 Å². The molecule has 0 fully saturated rings. The molecular formula is C13H19NO3. The molecule has 1 atom stereocenters. The third kappa shape index (κ3) is 4.07. The van der Waals surface area contributed by atoms with Crippen molar-refractivity contribution in [2.45, 2.75) is 32.7 Å². The summed E-state index contributed by atoms with van der Waals surface area (Å²) >= 11 is 0. The molecule has 4 nitrogen and oxygen atoms in total. The van der Waals surface area contributed by atoms with E-state index in [1.165, 1.54) is 0 Å². The van der Waals surface area contributed by atoms with Crippen molar-refractivity contribution in [1.82, 2.24) is 5.32 Å². The molecule has 1 amide bonds. The van der Waals surface area contributed by atoms with Gasteiger partial charge in [0.15, 0.2) is 0 Å². The van der Waals surface area contributed by atoms with Crippen LogP contribution in [0, 0.1) is 6.92 Å². The largest absolute Gasteiger partial charge is 0.507 e. The van der Waals surface area contributed by atoms with Crippen LogP contribution in [-0.2, 0) is 0 Å². The van der Waals surface area contributed by atoms with Gasteiger partial charge in [-0.15, -0.1) is 0 Å². The highest BCUT2D eigenvalue weighted by Crippen LogP contribution is 2.18. The maximum atomic E-state index is 11.8. The minimum Gasteiger partial charge on any atom is -0.507 e. The van der Waals surface area contributed by atoms with E-state index in [9.17, 15) is 9.90 Å². The second-order valence-corrected chi connectivity index (χ2v) is 4.26. The number of aliphatic hydroxyl groups is 1. The molecule has 0 aliphatic carbocycles. The number of hydrogen-bond donors (Lipinski definition) is 3. The first-order valence-electron chi connectivity index (χ1n) is 5.76. The Morgan fingerprint density at radius 1 is 1.47 bits per heavy atom. The Hall–Kier alpha value is -1.55. The van der Waals surface area contributed by atoms with E-state index in [1.54, 1.807) is 18.2 Å². The molecule has 94 valence electrons. The van der Waals surface area contributed by atoms with Crippen LogP contribution < -0.4 is 5.32 Å².